The first-order valence-corrected chi connectivity index (χ1v) is 8.56. The van der Waals surface area contributed by atoms with Gasteiger partial charge in [0.2, 0.25) is 11.8 Å². The molecule has 3 amide bonds. The lowest BCUT2D eigenvalue weighted by Gasteiger charge is -2.23. The van der Waals surface area contributed by atoms with Crippen LogP contribution >= 0.6 is 0 Å². The van der Waals surface area contributed by atoms with Crippen molar-refractivity contribution in [2.45, 2.75) is 44.6 Å². The molecular weight excluding hydrogens is 370 g/mol. The highest BCUT2D eigenvalue weighted by Gasteiger charge is 2.29. The van der Waals surface area contributed by atoms with E-state index in [1.54, 1.807) is 24.3 Å². The molecular formula is C18H25N3O7. The van der Waals surface area contributed by atoms with E-state index in [-0.39, 0.29) is 19.4 Å². The summed E-state index contributed by atoms with van der Waals surface area (Å²) in [5.74, 6) is -2.29. The molecule has 3 atom stereocenters. The Labute approximate surface area is 162 Å². The fourth-order valence-corrected chi connectivity index (χ4v) is 2.21. The molecule has 0 aliphatic rings. The number of amides is 3. The van der Waals surface area contributed by atoms with Gasteiger partial charge in [-0.05, 0) is 18.9 Å². The first-order chi connectivity index (χ1) is 13.2. The second kappa shape index (κ2) is 11.5. The van der Waals surface area contributed by atoms with Gasteiger partial charge >= 0.3 is 12.1 Å². The molecule has 0 aliphatic heterocycles. The molecule has 1 aromatic rings. The van der Waals surface area contributed by atoms with Crippen molar-refractivity contribution in [3.8, 4) is 0 Å². The molecule has 0 saturated carbocycles. The number of carbonyl (C=O) groups is 4. The van der Waals surface area contributed by atoms with Gasteiger partial charge in [0.15, 0.2) is 0 Å². The van der Waals surface area contributed by atoms with Crippen molar-refractivity contribution < 1.29 is 33.8 Å². The number of primary amides is 1. The number of hydrogen-bond donors (Lipinski definition) is 4. The van der Waals surface area contributed by atoms with E-state index in [0.717, 1.165) is 5.56 Å². The Balaban J connectivity index is 2.64. The fourth-order valence-electron chi connectivity index (χ4n) is 2.21. The van der Waals surface area contributed by atoms with Crippen LogP contribution in [0.5, 0.6) is 0 Å². The smallest absolute Gasteiger partial charge is 0.408 e. The zero-order valence-electron chi connectivity index (χ0n) is 15.7. The zero-order valence-corrected chi connectivity index (χ0v) is 15.7. The SMILES string of the molecule is COC(=O)CC[C@H](NC(=O)[C@@H](NC(=O)OCc1ccccc1)[C@@H](C)O)C(N)=O. The summed E-state index contributed by atoms with van der Waals surface area (Å²) < 4.78 is 9.48. The second-order valence-corrected chi connectivity index (χ2v) is 6.00. The number of ether oxygens (including phenoxy) is 2. The molecule has 0 bridgehead atoms. The summed E-state index contributed by atoms with van der Waals surface area (Å²) in [4.78, 5) is 47.0. The van der Waals surface area contributed by atoms with Crippen LogP contribution in [-0.4, -0.2) is 54.3 Å². The molecule has 0 heterocycles. The molecule has 0 unspecified atom stereocenters. The van der Waals surface area contributed by atoms with Gasteiger partial charge in [0.25, 0.3) is 0 Å². The van der Waals surface area contributed by atoms with E-state index in [2.05, 4.69) is 15.4 Å². The lowest BCUT2D eigenvalue weighted by Crippen LogP contribution is -2.56. The van der Waals surface area contributed by atoms with E-state index in [9.17, 15) is 24.3 Å². The maximum Gasteiger partial charge on any atom is 0.408 e. The van der Waals surface area contributed by atoms with Gasteiger partial charge < -0.3 is 30.9 Å². The highest BCUT2D eigenvalue weighted by molar-refractivity contribution is 5.91. The van der Waals surface area contributed by atoms with Gasteiger partial charge in [-0.25, -0.2) is 4.79 Å². The molecule has 0 aromatic heterocycles. The van der Waals surface area contributed by atoms with Crippen LogP contribution in [0, 0.1) is 0 Å². The van der Waals surface area contributed by atoms with Crippen molar-refractivity contribution in [2.75, 3.05) is 7.11 Å². The summed E-state index contributed by atoms with van der Waals surface area (Å²) in [6.45, 7) is 1.26. The van der Waals surface area contributed by atoms with Crippen LogP contribution in [0.25, 0.3) is 0 Å². The number of alkyl carbamates (subject to hydrolysis) is 1. The van der Waals surface area contributed by atoms with Crippen LogP contribution in [0.4, 0.5) is 4.79 Å². The Morgan fingerprint density at radius 2 is 1.79 bits per heavy atom. The molecule has 154 valence electrons. The van der Waals surface area contributed by atoms with E-state index in [4.69, 9.17) is 10.5 Å². The highest BCUT2D eigenvalue weighted by atomic mass is 16.5. The summed E-state index contributed by atoms with van der Waals surface area (Å²) in [6, 6.07) is 6.32. The van der Waals surface area contributed by atoms with Crippen molar-refractivity contribution in [1.82, 2.24) is 10.6 Å². The van der Waals surface area contributed by atoms with Crippen molar-refractivity contribution in [3.63, 3.8) is 0 Å². The van der Waals surface area contributed by atoms with E-state index in [1.165, 1.54) is 14.0 Å². The largest absolute Gasteiger partial charge is 0.469 e. The standard InChI is InChI=1S/C18H25N3O7/c1-11(22)15(21-18(26)28-10-12-6-4-3-5-7-12)17(25)20-13(16(19)24)8-9-14(23)27-2/h3-7,11,13,15,22H,8-10H2,1-2H3,(H2,19,24)(H,20,25)(H,21,26)/t11-,13+,15+/m1/s1. The van der Waals surface area contributed by atoms with Crippen molar-refractivity contribution in [3.05, 3.63) is 35.9 Å². The summed E-state index contributed by atoms with van der Waals surface area (Å²) in [7, 11) is 1.19. The molecule has 0 saturated heterocycles. The van der Waals surface area contributed by atoms with Crippen LogP contribution < -0.4 is 16.4 Å². The van der Waals surface area contributed by atoms with Crippen molar-refractivity contribution in [1.29, 1.82) is 0 Å². The molecule has 0 spiro atoms. The summed E-state index contributed by atoms with van der Waals surface area (Å²) in [5, 5.41) is 14.3. The third kappa shape index (κ3) is 8.04. The minimum absolute atomic E-state index is 0.0239. The quantitative estimate of drug-likeness (QED) is 0.392. The van der Waals surface area contributed by atoms with Gasteiger partial charge in [-0.3, -0.25) is 14.4 Å². The Morgan fingerprint density at radius 1 is 1.14 bits per heavy atom. The number of aliphatic hydroxyl groups is 1. The Morgan fingerprint density at radius 3 is 2.32 bits per heavy atom. The molecule has 5 N–H and O–H groups in total. The summed E-state index contributed by atoms with van der Waals surface area (Å²) >= 11 is 0. The van der Waals surface area contributed by atoms with Gasteiger partial charge in [0, 0.05) is 6.42 Å². The second-order valence-electron chi connectivity index (χ2n) is 6.00. The average molecular weight is 395 g/mol. The predicted octanol–water partition coefficient (Wildman–Crippen LogP) is -0.414. The normalized spacial score (nSPS) is 13.5. The number of methoxy groups -OCH3 is 1. The van der Waals surface area contributed by atoms with Crippen LogP contribution in [0.2, 0.25) is 0 Å². The molecule has 1 rings (SSSR count). The molecule has 0 aliphatic carbocycles. The number of aliphatic hydroxyl groups excluding tert-OH is 1. The number of carbonyl (C=O) groups excluding carboxylic acids is 4. The number of nitrogens with two attached hydrogens (primary N) is 1. The van der Waals surface area contributed by atoms with Crippen LogP contribution in [0.3, 0.4) is 0 Å². The first-order valence-electron chi connectivity index (χ1n) is 8.56. The van der Waals surface area contributed by atoms with E-state index < -0.39 is 42.1 Å². The van der Waals surface area contributed by atoms with Gasteiger partial charge in [-0.2, -0.15) is 0 Å². The zero-order chi connectivity index (χ0) is 21.1. The highest BCUT2D eigenvalue weighted by Crippen LogP contribution is 2.04. The number of nitrogens with one attached hydrogen (secondary N) is 2. The molecule has 28 heavy (non-hydrogen) atoms. The van der Waals surface area contributed by atoms with E-state index in [0.29, 0.717) is 0 Å². The third-order valence-electron chi connectivity index (χ3n) is 3.78. The maximum absolute atomic E-state index is 12.4. The topological polar surface area (TPSA) is 157 Å². The molecule has 1 aromatic carbocycles. The Bertz CT molecular complexity index is 679. The minimum atomic E-state index is -1.39. The number of benzene rings is 1. The summed E-state index contributed by atoms with van der Waals surface area (Å²) in [5.41, 5.74) is 5.96. The lowest BCUT2D eigenvalue weighted by atomic mass is 10.1. The van der Waals surface area contributed by atoms with Crippen LogP contribution in [0.15, 0.2) is 30.3 Å². The number of hydrogen-bond acceptors (Lipinski definition) is 7. The maximum atomic E-state index is 12.4. The molecule has 10 heteroatoms. The number of esters is 1. The average Bonchev–Trinajstić information content (AvgIpc) is 2.67. The number of rotatable bonds is 10. The Kier molecular flexibility index (Phi) is 9.44. The monoisotopic (exact) mass is 395 g/mol. The summed E-state index contributed by atoms with van der Waals surface area (Å²) in [6.07, 6.45) is -2.43. The predicted molar refractivity (Wildman–Crippen MR) is 97.6 cm³/mol. The van der Waals surface area contributed by atoms with Crippen molar-refractivity contribution in [2.24, 2.45) is 5.73 Å². The van der Waals surface area contributed by atoms with Crippen molar-refractivity contribution >= 4 is 23.9 Å². The minimum Gasteiger partial charge on any atom is -0.469 e. The van der Waals surface area contributed by atoms with Gasteiger partial charge in [0.05, 0.1) is 13.2 Å². The third-order valence-corrected chi connectivity index (χ3v) is 3.78. The molecule has 0 fully saturated rings. The molecule has 10 nitrogen and oxygen atoms in total. The Hall–Kier alpha value is -3.14. The lowest BCUT2D eigenvalue weighted by molar-refractivity contribution is -0.141. The van der Waals surface area contributed by atoms with Gasteiger partial charge in [-0.15, -0.1) is 0 Å². The van der Waals surface area contributed by atoms with E-state index >= 15 is 0 Å². The van der Waals surface area contributed by atoms with Crippen LogP contribution in [0.1, 0.15) is 25.3 Å². The first kappa shape index (κ1) is 22.9. The fraction of sp³-hybridized carbons (Fsp3) is 0.444. The molecule has 0 radical (unpaired) electrons. The van der Waals surface area contributed by atoms with E-state index in [1.807, 2.05) is 6.07 Å². The van der Waals surface area contributed by atoms with Crippen LogP contribution in [-0.2, 0) is 30.5 Å². The van der Waals surface area contributed by atoms with Gasteiger partial charge in [-0.1, -0.05) is 30.3 Å². The van der Waals surface area contributed by atoms with Gasteiger partial charge in [0.1, 0.15) is 18.7 Å².